The third-order valence-electron chi connectivity index (χ3n) is 2.40. The smallest absolute Gasteiger partial charge is 0.475 e. The molecule has 0 saturated carbocycles. The molecule has 0 rings (SSSR count). The van der Waals surface area contributed by atoms with Gasteiger partial charge in [0, 0.05) is 6.42 Å². The zero-order valence-corrected chi connectivity index (χ0v) is 13.8. The summed E-state index contributed by atoms with van der Waals surface area (Å²) in [6.45, 7) is 7.94. The molecule has 0 amide bonds. The standard InChI is InChI=1S/C13H26O2.C2HF3O2/c1-5-6-7-8-9-10-11-12(14)15-13(2,3)4;3-2(4,5)1(6)7/h5-11H2,1-4H3;(H,6,7). The van der Waals surface area contributed by atoms with E-state index in [0.29, 0.717) is 6.42 Å². The van der Waals surface area contributed by atoms with E-state index in [-0.39, 0.29) is 11.6 Å². The Morgan fingerprint density at radius 1 is 0.955 bits per heavy atom. The van der Waals surface area contributed by atoms with Crippen LogP contribution in [0.3, 0.4) is 0 Å². The molecular formula is C15H27F3O4. The molecule has 0 heterocycles. The van der Waals surface area contributed by atoms with Gasteiger partial charge in [0.25, 0.3) is 0 Å². The summed E-state index contributed by atoms with van der Waals surface area (Å²) in [4.78, 5) is 20.2. The van der Waals surface area contributed by atoms with E-state index in [1.165, 1.54) is 25.7 Å². The van der Waals surface area contributed by atoms with Crippen LogP contribution in [-0.4, -0.2) is 28.8 Å². The second-order valence-corrected chi connectivity index (χ2v) is 5.91. The first-order valence-corrected chi connectivity index (χ1v) is 7.42. The molecule has 4 nitrogen and oxygen atoms in total. The lowest BCUT2D eigenvalue weighted by Crippen LogP contribution is -2.23. The Kier molecular flexibility index (Phi) is 11.8. The largest absolute Gasteiger partial charge is 0.490 e. The summed E-state index contributed by atoms with van der Waals surface area (Å²) in [7, 11) is 0. The summed E-state index contributed by atoms with van der Waals surface area (Å²) in [6, 6.07) is 0. The summed E-state index contributed by atoms with van der Waals surface area (Å²) < 4.78 is 37.0. The van der Waals surface area contributed by atoms with Crippen molar-refractivity contribution in [2.75, 3.05) is 0 Å². The van der Waals surface area contributed by atoms with Crippen LogP contribution in [-0.2, 0) is 14.3 Å². The number of rotatable bonds is 7. The zero-order valence-electron chi connectivity index (χ0n) is 13.8. The lowest BCUT2D eigenvalue weighted by Gasteiger charge is -2.19. The van der Waals surface area contributed by atoms with Crippen molar-refractivity contribution in [3.63, 3.8) is 0 Å². The summed E-state index contributed by atoms with van der Waals surface area (Å²) >= 11 is 0. The first kappa shape index (κ1) is 23.0. The number of unbranched alkanes of at least 4 members (excludes halogenated alkanes) is 5. The SMILES string of the molecule is CCCCCCCCC(=O)OC(C)(C)C.O=C(O)C(F)(F)F. The van der Waals surface area contributed by atoms with Crippen LogP contribution in [0, 0.1) is 0 Å². The molecule has 22 heavy (non-hydrogen) atoms. The van der Waals surface area contributed by atoms with Crippen molar-refractivity contribution in [3.8, 4) is 0 Å². The third kappa shape index (κ3) is 18.7. The number of aliphatic carboxylic acids is 1. The van der Waals surface area contributed by atoms with Gasteiger partial charge in [0.05, 0.1) is 0 Å². The van der Waals surface area contributed by atoms with Gasteiger partial charge >= 0.3 is 18.1 Å². The highest BCUT2D eigenvalue weighted by atomic mass is 19.4. The van der Waals surface area contributed by atoms with Gasteiger partial charge in [-0.2, -0.15) is 13.2 Å². The van der Waals surface area contributed by atoms with Gasteiger partial charge in [0.15, 0.2) is 0 Å². The Hall–Kier alpha value is -1.27. The summed E-state index contributed by atoms with van der Waals surface area (Å²) in [5, 5.41) is 7.12. The maximum atomic E-state index is 11.3. The quantitative estimate of drug-likeness (QED) is 0.543. The number of halogens is 3. The minimum atomic E-state index is -5.08. The van der Waals surface area contributed by atoms with Gasteiger partial charge in [-0.3, -0.25) is 4.79 Å². The molecule has 132 valence electrons. The van der Waals surface area contributed by atoms with E-state index in [1.807, 2.05) is 20.8 Å². The minimum Gasteiger partial charge on any atom is -0.475 e. The zero-order chi connectivity index (χ0) is 17.8. The maximum absolute atomic E-state index is 11.3. The molecule has 0 bridgehead atoms. The number of hydrogen-bond donors (Lipinski definition) is 1. The van der Waals surface area contributed by atoms with Crippen LogP contribution in [0.25, 0.3) is 0 Å². The molecule has 7 heteroatoms. The molecule has 0 aliphatic rings. The molecule has 0 radical (unpaired) electrons. The molecule has 0 atom stereocenters. The van der Waals surface area contributed by atoms with E-state index >= 15 is 0 Å². The van der Waals surface area contributed by atoms with Gasteiger partial charge < -0.3 is 9.84 Å². The third-order valence-corrected chi connectivity index (χ3v) is 2.40. The van der Waals surface area contributed by atoms with Crippen molar-refractivity contribution in [2.45, 2.75) is 84.4 Å². The van der Waals surface area contributed by atoms with Gasteiger partial charge in [0.2, 0.25) is 0 Å². The minimum absolute atomic E-state index is 0.0574. The van der Waals surface area contributed by atoms with Crippen LogP contribution in [0.4, 0.5) is 13.2 Å². The van der Waals surface area contributed by atoms with Crippen LogP contribution in [0.1, 0.15) is 72.6 Å². The molecule has 0 saturated heterocycles. The summed E-state index contributed by atoms with van der Waals surface area (Å²) in [6.07, 6.45) is 2.74. The molecular weight excluding hydrogens is 301 g/mol. The second-order valence-electron chi connectivity index (χ2n) is 5.91. The molecule has 0 aromatic heterocycles. The molecule has 0 unspecified atom stereocenters. The van der Waals surface area contributed by atoms with Gasteiger partial charge in [0.1, 0.15) is 5.60 Å². The van der Waals surface area contributed by atoms with Crippen LogP contribution in [0.5, 0.6) is 0 Å². The molecule has 0 aliphatic carbocycles. The molecule has 0 aromatic rings. The Morgan fingerprint density at radius 3 is 1.73 bits per heavy atom. The molecule has 0 aliphatic heterocycles. The fourth-order valence-electron chi connectivity index (χ4n) is 1.44. The first-order valence-electron chi connectivity index (χ1n) is 7.42. The van der Waals surface area contributed by atoms with Crippen LogP contribution in [0.2, 0.25) is 0 Å². The number of carbonyl (C=O) groups excluding carboxylic acids is 1. The van der Waals surface area contributed by atoms with Crippen molar-refractivity contribution in [1.29, 1.82) is 0 Å². The number of carboxylic acid groups (broad SMARTS) is 1. The highest BCUT2D eigenvalue weighted by molar-refractivity contribution is 5.73. The summed E-state index contributed by atoms with van der Waals surface area (Å²) in [5.74, 6) is -2.81. The lowest BCUT2D eigenvalue weighted by molar-refractivity contribution is -0.192. The number of carbonyl (C=O) groups is 2. The highest BCUT2D eigenvalue weighted by Gasteiger charge is 2.38. The van der Waals surface area contributed by atoms with Crippen molar-refractivity contribution in [2.24, 2.45) is 0 Å². The van der Waals surface area contributed by atoms with Crippen LogP contribution in [0.15, 0.2) is 0 Å². The lowest BCUT2D eigenvalue weighted by atomic mass is 10.1. The average Bonchev–Trinajstić information content (AvgIpc) is 2.31. The normalized spacial score (nSPS) is 11.4. The summed E-state index contributed by atoms with van der Waals surface area (Å²) in [5.41, 5.74) is -0.334. The molecule has 0 aromatic carbocycles. The second kappa shape index (κ2) is 11.3. The van der Waals surface area contributed by atoms with E-state index in [2.05, 4.69) is 6.92 Å². The van der Waals surface area contributed by atoms with Gasteiger partial charge in [-0.25, -0.2) is 4.79 Å². The Bertz CT molecular complexity index is 320. The number of carboxylic acids is 1. The Morgan fingerprint density at radius 2 is 1.36 bits per heavy atom. The number of hydrogen-bond acceptors (Lipinski definition) is 3. The number of ether oxygens (including phenoxy) is 1. The van der Waals surface area contributed by atoms with Crippen molar-refractivity contribution >= 4 is 11.9 Å². The van der Waals surface area contributed by atoms with Crippen LogP contribution < -0.4 is 0 Å². The Labute approximate surface area is 130 Å². The fraction of sp³-hybridized carbons (Fsp3) is 0.867. The molecule has 0 fully saturated rings. The van der Waals surface area contributed by atoms with E-state index in [1.54, 1.807) is 0 Å². The van der Waals surface area contributed by atoms with Crippen LogP contribution >= 0.6 is 0 Å². The average molecular weight is 328 g/mol. The first-order chi connectivity index (χ1) is 9.90. The monoisotopic (exact) mass is 328 g/mol. The van der Waals surface area contributed by atoms with Gasteiger partial charge in [-0.1, -0.05) is 39.0 Å². The van der Waals surface area contributed by atoms with E-state index in [4.69, 9.17) is 14.6 Å². The van der Waals surface area contributed by atoms with Crippen molar-refractivity contribution in [1.82, 2.24) is 0 Å². The topological polar surface area (TPSA) is 63.6 Å². The molecule has 0 spiro atoms. The molecule has 1 N–H and O–H groups in total. The number of esters is 1. The fourth-order valence-corrected chi connectivity index (χ4v) is 1.44. The number of alkyl halides is 3. The van der Waals surface area contributed by atoms with E-state index in [9.17, 15) is 18.0 Å². The van der Waals surface area contributed by atoms with Gasteiger partial charge in [-0.15, -0.1) is 0 Å². The van der Waals surface area contributed by atoms with Crippen molar-refractivity contribution in [3.05, 3.63) is 0 Å². The maximum Gasteiger partial charge on any atom is 0.490 e. The van der Waals surface area contributed by atoms with Crippen molar-refractivity contribution < 1.29 is 32.6 Å². The Balaban J connectivity index is 0. The predicted molar refractivity (Wildman–Crippen MR) is 77.5 cm³/mol. The predicted octanol–water partition coefficient (Wildman–Crippen LogP) is 4.71. The highest BCUT2D eigenvalue weighted by Crippen LogP contribution is 2.13. The van der Waals surface area contributed by atoms with E-state index < -0.39 is 12.1 Å². The van der Waals surface area contributed by atoms with E-state index in [0.717, 1.165) is 12.8 Å². The van der Waals surface area contributed by atoms with Gasteiger partial charge in [-0.05, 0) is 27.2 Å².